The molecule has 17 heavy (non-hydrogen) atoms. The maximum Gasteiger partial charge on any atom is 0.323 e. The number of esters is 1. The second kappa shape index (κ2) is 6.39. The predicted molar refractivity (Wildman–Crippen MR) is 67.8 cm³/mol. The van der Waals surface area contributed by atoms with E-state index >= 15 is 0 Å². The quantitative estimate of drug-likeness (QED) is 0.769. The van der Waals surface area contributed by atoms with Gasteiger partial charge in [-0.05, 0) is 44.6 Å². The number of rotatable bonds is 3. The maximum atomic E-state index is 12.0. The van der Waals surface area contributed by atoms with Crippen LogP contribution < -0.4 is 5.32 Å². The molecule has 1 aliphatic heterocycles. The highest BCUT2D eigenvalue weighted by Gasteiger charge is 2.28. The van der Waals surface area contributed by atoms with E-state index in [9.17, 15) is 4.79 Å². The van der Waals surface area contributed by atoms with Crippen molar-refractivity contribution in [3.8, 4) is 0 Å². The SMILES string of the molecule is CCC1CCCC(OC(=O)[C@H]2CCCCN2)C1. The van der Waals surface area contributed by atoms with E-state index in [-0.39, 0.29) is 18.1 Å². The van der Waals surface area contributed by atoms with Crippen molar-refractivity contribution in [3.05, 3.63) is 0 Å². The standard InChI is InChI=1S/C14H25NO2/c1-2-11-6-5-7-12(10-11)17-14(16)13-8-3-4-9-15-13/h11-13,15H,2-10H2,1H3/t11?,12?,13-/m1/s1. The van der Waals surface area contributed by atoms with Crippen LogP contribution in [0.15, 0.2) is 0 Å². The van der Waals surface area contributed by atoms with E-state index in [0.717, 1.165) is 38.1 Å². The van der Waals surface area contributed by atoms with E-state index in [4.69, 9.17) is 4.74 Å². The summed E-state index contributed by atoms with van der Waals surface area (Å²) in [6.45, 7) is 3.19. The van der Waals surface area contributed by atoms with Gasteiger partial charge >= 0.3 is 5.97 Å². The Morgan fingerprint density at radius 2 is 2.12 bits per heavy atom. The van der Waals surface area contributed by atoms with E-state index in [0.29, 0.717) is 0 Å². The Kier molecular flexibility index (Phi) is 4.84. The van der Waals surface area contributed by atoms with Crippen LogP contribution in [0.4, 0.5) is 0 Å². The van der Waals surface area contributed by atoms with Crippen molar-refractivity contribution >= 4 is 5.97 Å². The molecule has 0 bridgehead atoms. The third-order valence-electron chi connectivity index (χ3n) is 4.19. The summed E-state index contributed by atoms with van der Waals surface area (Å²) in [5, 5.41) is 3.26. The van der Waals surface area contributed by atoms with Crippen LogP contribution in [-0.4, -0.2) is 24.7 Å². The van der Waals surface area contributed by atoms with Gasteiger partial charge < -0.3 is 10.1 Å². The Balaban J connectivity index is 1.77. The van der Waals surface area contributed by atoms with Crippen LogP contribution in [0.1, 0.15) is 58.3 Å². The Bertz CT molecular complexity index is 249. The van der Waals surface area contributed by atoms with Crippen LogP contribution >= 0.6 is 0 Å². The molecule has 0 amide bonds. The molecule has 0 aromatic rings. The Labute approximate surface area is 104 Å². The number of ether oxygens (including phenoxy) is 1. The van der Waals surface area contributed by atoms with Gasteiger partial charge in [0, 0.05) is 0 Å². The van der Waals surface area contributed by atoms with Gasteiger partial charge in [0.2, 0.25) is 0 Å². The van der Waals surface area contributed by atoms with E-state index in [1.54, 1.807) is 0 Å². The lowest BCUT2D eigenvalue weighted by Crippen LogP contribution is -2.43. The topological polar surface area (TPSA) is 38.3 Å². The second-order valence-corrected chi connectivity index (χ2v) is 5.50. The van der Waals surface area contributed by atoms with Gasteiger partial charge in [-0.25, -0.2) is 0 Å². The summed E-state index contributed by atoms with van der Waals surface area (Å²) in [6.07, 6.45) is 9.36. The average Bonchev–Trinajstić information content (AvgIpc) is 2.40. The maximum absolute atomic E-state index is 12.0. The number of hydrogen-bond donors (Lipinski definition) is 1. The molecule has 3 heteroatoms. The van der Waals surface area contributed by atoms with Crippen LogP contribution in [0.5, 0.6) is 0 Å². The number of carbonyl (C=O) groups excluding carboxylic acids is 1. The molecule has 2 fully saturated rings. The van der Waals surface area contributed by atoms with Gasteiger partial charge in [-0.2, -0.15) is 0 Å². The van der Waals surface area contributed by atoms with Crippen molar-refractivity contribution in [2.24, 2.45) is 5.92 Å². The summed E-state index contributed by atoms with van der Waals surface area (Å²) >= 11 is 0. The number of nitrogens with one attached hydrogen (secondary N) is 1. The van der Waals surface area contributed by atoms with Crippen molar-refractivity contribution in [1.29, 1.82) is 0 Å². The van der Waals surface area contributed by atoms with Crippen LogP contribution in [0.25, 0.3) is 0 Å². The summed E-state index contributed by atoms with van der Waals surface area (Å²) in [5.74, 6) is 0.757. The fourth-order valence-corrected chi connectivity index (χ4v) is 3.02. The van der Waals surface area contributed by atoms with Gasteiger partial charge in [0.1, 0.15) is 12.1 Å². The molecule has 1 saturated carbocycles. The van der Waals surface area contributed by atoms with Gasteiger partial charge in [-0.3, -0.25) is 4.79 Å². The first-order valence-electron chi connectivity index (χ1n) is 7.23. The molecule has 3 nitrogen and oxygen atoms in total. The lowest BCUT2D eigenvalue weighted by Gasteiger charge is -2.30. The van der Waals surface area contributed by atoms with Gasteiger partial charge in [0.05, 0.1) is 0 Å². The fourth-order valence-electron chi connectivity index (χ4n) is 3.02. The molecule has 2 unspecified atom stereocenters. The normalized spacial score (nSPS) is 34.3. The first-order chi connectivity index (χ1) is 8.29. The number of hydrogen-bond acceptors (Lipinski definition) is 3. The van der Waals surface area contributed by atoms with Crippen molar-refractivity contribution in [2.75, 3.05) is 6.54 Å². The summed E-state index contributed by atoms with van der Waals surface area (Å²) < 4.78 is 5.66. The zero-order chi connectivity index (χ0) is 12.1. The Hall–Kier alpha value is -0.570. The van der Waals surface area contributed by atoms with Gasteiger partial charge in [-0.1, -0.05) is 26.2 Å². The summed E-state index contributed by atoms with van der Waals surface area (Å²) in [6, 6.07) is -0.0363. The summed E-state index contributed by atoms with van der Waals surface area (Å²) in [5.41, 5.74) is 0. The number of piperidine rings is 1. The smallest absolute Gasteiger partial charge is 0.323 e. The van der Waals surface area contributed by atoms with Crippen LogP contribution in [-0.2, 0) is 9.53 Å². The average molecular weight is 239 g/mol. The van der Waals surface area contributed by atoms with Crippen LogP contribution in [0.3, 0.4) is 0 Å². The molecule has 2 aliphatic rings. The minimum absolute atomic E-state index is 0.00791. The molecule has 0 radical (unpaired) electrons. The second-order valence-electron chi connectivity index (χ2n) is 5.50. The molecule has 2 rings (SSSR count). The summed E-state index contributed by atoms with van der Waals surface area (Å²) in [7, 11) is 0. The monoisotopic (exact) mass is 239 g/mol. The fraction of sp³-hybridized carbons (Fsp3) is 0.929. The van der Waals surface area contributed by atoms with Gasteiger partial charge in [0.25, 0.3) is 0 Å². The summed E-state index contributed by atoms with van der Waals surface area (Å²) in [4.78, 5) is 12.0. The van der Waals surface area contributed by atoms with Crippen molar-refractivity contribution in [2.45, 2.75) is 70.4 Å². The van der Waals surface area contributed by atoms with E-state index in [1.807, 2.05) is 0 Å². The van der Waals surface area contributed by atoms with Crippen molar-refractivity contribution < 1.29 is 9.53 Å². The zero-order valence-corrected chi connectivity index (χ0v) is 10.9. The van der Waals surface area contributed by atoms with Gasteiger partial charge in [-0.15, -0.1) is 0 Å². The minimum atomic E-state index is -0.0363. The molecular weight excluding hydrogens is 214 g/mol. The predicted octanol–water partition coefficient (Wildman–Crippen LogP) is 2.64. The molecule has 1 saturated heterocycles. The molecule has 1 heterocycles. The highest BCUT2D eigenvalue weighted by atomic mass is 16.5. The molecule has 1 aliphatic carbocycles. The first-order valence-corrected chi connectivity index (χ1v) is 7.23. The van der Waals surface area contributed by atoms with E-state index < -0.39 is 0 Å². The molecular formula is C14H25NO2. The third-order valence-corrected chi connectivity index (χ3v) is 4.19. The number of carbonyl (C=O) groups is 1. The van der Waals surface area contributed by atoms with Crippen LogP contribution in [0.2, 0.25) is 0 Å². The molecule has 0 spiro atoms. The lowest BCUT2D eigenvalue weighted by molar-refractivity contribution is -0.154. The molecule has 98 valence electrons. The Morgan fingerprint density at radius 1 is 1.24 bits per heavy atom. The molecule has 1 N–H and O–H groups in total. The molecule has 0 aromatic carbocycles. The van der Waals surface area contributed by atoms with Crippen molar-refractivity contribution in [3.63, 3.8) is 0 Å². The van der Waals surface area contributed by atoms with E-state index in [1.165, 1.54) is 25.7 Å². The largest absolute Gasteiger partial charge is 0.461 e. The molecule has 0 aromatic heterocycles. The molecule has 3 atom stereocenters. The Morgan fingerprint density at radius 3 is 2.82 bits per heavy atom. The van der Waals surface area contributed by atoms with Gasteiger partial charge in [0.15, 0.2) is 0 Å². The van der Waals surface area contributed by atoms with E-state index in [2.05, 4.69) is 12.2 Å². The lowest BCUT2D eigenvalue weighted by atomic mass is 9.85. The third kappa shape index (κ3) is 3.70. The minimum Gasteiger partial charge on any atom is -0.461 e. The van der Waals surface area contributed by atoms with Crippen molar-refractivity contribution in [1.82, 2.24) is 5.32 Å². The highest BCUT2D eigenvalue weighted by molar-refractivity contribution is 5.76. The highest BCUT2D eigenvalue weighted by Crippen LogP contribution is 2.28. The van der Waals surface area contributed by atoms with Crippen LogP contribution in [0, 0.1) is 5.92 Å². The first kappa shape index (κ1) is 12.9. The zero-order valence-electron chi connectivity index (χ0n) is 10.9.